The SMILES string of the molecule is Brc1ccc(C2CC(c3cccnc3)Nc3ncnn32)cc1. The van der Waals surface area contributed by atoms with Gasteiger partial charge in [-0.15, -0.1) is 0 Å². The van der Waals surface area contributed by atoms with Gasteiger partial charge in [0.15, 0.2) is 0 Å². The van der Waals surface area contributed by atoms with Gasteiger partial charge < -0.3 is 5.32 Å². The molecule has 2 aromatic heterocycles. The zero-order valence-corrected chi connectivity index (χ0v) is 13.3. The molecule has 1 aliphatic heterocycles. The topological polar surface area (TPSA) is 55.6 Å². The fourth-order valence-electron chi connectivity index (χ4n) is 2.88. The van der Waals surface area contributed by atoms with Gasteiger partial charge in [0.1, 0.15) is 6.33 Å². The van der Waals surface area contributed by atoms with Gasteiger partial charge in [0.2, 0.25) is 5.95 Å². The molecule has 6 heteroatoms. The molecule has 0 fully saturated rings. The summed E-state index contributed by atoms with van der Waals surface area (Å²) in [6, 6.07) is 12.8. The van der Waals surface area contributed by atoms with E-state index in [1.54, 1.807) is 12.5 Å². The van der Waals surface area contributed by atoms with E-state index < -0.39 is 0 Å². The number of pyridine rings is 1. The minimum absolute atomic E-state index is 0.164. The number of hydrogen-bond acceptors (Lipinski definition) is 4. The largest absolute Gasteiger partial charge is 0.347 e. The summed E-state index contributed by atoms with van der Waals surface area (Å²) in [6.07, 6.45) is 6.20. The quantitative estimate of drug-likeness (QED) is 0.763. The lowest BCUT2D eigenvalue weighted by Crippen LogP contribution is -2.28. The molecular formula is C16H14BrN5. The summed E-state index contributed by atoms with van der Waals surface area (Å²) in [5.74, 6) is 0.799. The smallest absolute Gasteiger partial charge is 0.222 e. The normalized spacial score (nSPS) is 20.2. The fraction of sp³-hybridized carbons (Fsp3) is 0.188. The van der Waals surface area contributed by atoms with Crippen LogP contribution >= 0.6 is 15.9 Å². The monoisotopic (exact) mass is 355 g/mol. The highest BCUT2D eigenvalue weighted by atomic mass is 79.9. The highest BCUT2D eigenvalue weighted by Crippen LogP contribution is 2.37. The van der Waals surface area contributed by atoms with Crippen molar-refractivity contribution >= 4 is 21.9 Å². The lowest BCUT2D eigenvalue weighted by Gasteiger charge is -2.31. The van der Waals surface area contributed by atoms with Gasteiger partial charge in [-0.3, -0.25) is 4.98 Å². The second-order valence-corrected chi connectivity index (χ2v) is 6.23. The molecule has 3 heterocycles. The molecule has 0 radical (unpaired) electrons. The molecule has 0 saturated heterocycles. The molecule has 0 spiro atoms. The van der Waals surface area contributed by atoms with Crippen LogP contribution in [0.2, 0.25) is 0 Å². The Kier molecular flexibility index (Phi) is 3.38. The summed E-state index contributed by atoms with van der Waals surface area (Å²) < 4.78 is 3.03. The van der Waals surface area contributed by atoms with Crippen LogP contribution < -0.4 is 5.32 Å². The van der Waals surface area contributed by atoms with Gasteiger partial charge in [0.05, 0.1) is 12.1 Å². The maximum atomic E-state index is 4.38. The molecular weight excluding hydrogens is 342 g/mol. The van der Waals surface area contributed by atoms with Crippen molar-refractivity contribution in [2.45, 2.75) is 18.5 Å². The van der Waals surface area contributed by atoms with Crippen molar-refractivity contribution < 1.29 is 0 Å². The van der Waals surface area contributed by atoms with E-state index in [2.05, 4.69) is 66.6 Å². The number of rotatable bonds is 2. The number of benzene rings is 1. The molecule has 2 unspecified atom stereocenters. The van der Waals surface area contributed by atoms with Crippen LogP contribution in [0.3, 0.4) is 0 Å². The number of nitrogens with zero attached hydrogens (tertiary/aromatic N) is 4. The van der Waals surface area contributed by atoms with E-state index in [1.807, 2.05) is 16.9 Å². The van der Waals surface area contributed by atoms with E-state index >= 15 is 0 Å². The molecule has 5 nitrogen and oxygen atoms in total. The first-order chi connectivity index (χ1) is 10.8. The van der Waals surface area contributed by atoms with Crippen molar-refractivity contribution in [3.05, 3.63) is 70.7 Å². The second-order valence-electron chi connectivity index (χ2n) is 5.31. The fourth-order valence-corrected chi connectivity index (χ4v) is 3.15. The number of anilines is 1. The molecule has 4 rings (SSSR count). The van der Waals surface area contributed by atoms with Crippen molar-refractivity contribution in [2.24, 2.45) is 0 Å². The van der Waals surface area contributed by atoms with Gasteiger partial charge in [-0.25, -0.2) is 4.68 Å². The van der Waals surface area contributed by atoms with Gasteiger partial charge in [0, 0.05) is 16.9 Å². The highest BCUT2D eigenvalue weighted by molar-refractivity contribution is 9.10. The number of halogens is 1. The zero-order chi connectivity index (χ0) is 14.9. The Hall–Kier alpha value is -2.21. The molecule has 1 aliphatic rings. The third-order valence-corrected chi connectivity index (χ3v) is 4.50. The van der Waals surface area contributed by atoms with Crippen molar-refractivity contribution in [1.82, 2.24) is 19.7 Å². The predicted molar refractivity (Wildman–Crippen MR) is 87.5 cm³/mol. The Morgan fingerprint density at radius 3 is 2.77 bits per heavy atom. The third-order valence-electron chi connectivity index (χ3n) is 3.97. The van der Waals surface area contributed by atoms with Crippen LogP contribution in [0.15, 0.2) is 59.6 Å². The number of hydrogen-bond donors (Lipinski definition) is 1. The minimum atomic E-state index is 0.164. The van der Waals surface area contributed by atoms with Crippen molar-refractivity contribution in [3.63, 3.8) is 0 Å². The van der Waals surface area contributed by atoms with E-state index in [0.29, 0.717) is 0 Å². The van der Waals surface area contributed by atoms with Gasteiger partial charge in [-0.05, 0) is 35.7 Å². The maximum Gasteiger partial charge on any atom is 0.222 e. The van der Waals surface area contributed by atoms with E-state index in [9.17, 15) is 0 Å². The molecule has 2 atom stereocenters. The summed E-state index contributed by atoms with van der Waals surface area (Å²) in [5, 5.41) is 7.83. The van der Waals surface area contributed by atoms with E-state index in [1.165, 1.54) is 11.1 Å². The predicted octanol–water partition coefficient (Wildman–Crippen LogP) is 3.58. The van der Waals surface area contributed by atoms with Crippen molar-refractivity contribution in [1.29, 1.82) is 0 Å². The van der Waals surface area contributed by atoms with Gasteiger partial charge in [-0.1, -0.05) is 34.1 Å². The highest BCUT2D eigenvalue weighted by Gasteiger charge is 2.29. The third kappa shape index (κ3) is 2.39. The second kappa shape index (κ2) is 5.53. The Labute approximate surface area is 136 Å². The van der Waals surface area contributed by atoms with Crippen LogP contribution in [0.4, 0.5) is 5.95 Å². The molecule has 3 aromatic rings. The number of fused-ring (bicyclic) bond motifs is 1. The average Bonchev–Trinajstić information content (AvgIpc) is 3.04. The Balaban J connectivity index is 1.73. The number of nitrogens with one attached hydrogen (secondary N) is 1. The van der Waals surface area contributed by atoms with E-state index in [0.717, 1.165) is 16.8 Å². The lowest BCUT2D eigenvalue weighted by molar-refractivity contribution is 0.430. The molecule has 0 bridgehead atoms. The van der Waals surface area contributed by atoms with E-state index in [4.69, 9.17) is 0 Å². The molecule has 0 saturated carbocycles. The first-order valence-electron chi connectivity index (χ1n) is 7.13. The summed E-state index contributed by atoms with van der Waals surface area (Å²) in [5.41, 5.74) is 2.39. The Morgan fingerprint density at radius 2 is 2.00 bits per heavy atom. The average molecular weight is 356 g/mol. The molecule has 0 amide bonds. The zero-order valence-electron chi connectivity index (χ0n) is 11.7. The minimum Gasteiger partial charge on any atom is -0.347 e. The first kappa shape index (κ1) is 13.5. The lowest BCUT2D eigenvalue weighted by atomic mass is 9.94. The van der Waals surface area contributed by atoms with Crippen LogP contribution in [-0.4, -0.2) is 19.7 Å². The Morgan fingerprint density at radius 1 is 1.14 bits per heavy atom. The van der Waals surface area contributed by atoms with Crippen LogP contribution in [0.5, 0.6) is 0 Å². The van der Waals surface area contributed by atoms with Crippen LogP contribution in [0.25, 0.3) is 0 Å². The van der Waals surface area contributed by atoms with Gasteiger partial charge >= 0.3 is 0 Å². The summed E-state index contributed by atoms with van der Waals surface area (Å²) >= 11 is 3.49. The molecule has 1 N–H and O–H groups in total. The van der Waals surface area contributed by atoms with Crippen molar-refractivity contribution in [3.8, 4) is 0 Å². The summed E-state index contributed by atoms with van der Waals surface area (Å²) in [7, 11) is 0. The van der Waals surface area contributed by atoms with Crippen LogP contribution in [0.1, 0.15) is 29.6 Å². The maximum absolute atomic E-state index is 4.38. The Bertz CT molecular complexity index is 769. The standard InChI is InChI=1S/C16H14BrN5/c17-13-5-3-11(4-6-13)15-8-14(12-2-1-7-18-9-12)21-16-19-10-20-22(15)16/h1-7,9-10,14-15H,8H2,(H,19,20,21). The van der Waals surface area contributed by atoms with Gasteiger partial charge in [-0.2, -0.15) is 10.1 Å². The number of aromatic nitrogens is 4. The van der Waals surface area contributed by atoms with E-state index in [-0.39, 0.29) is 12.1 Å². The molecule has 0 aliphatic carbocycles. The first-order valence-corrected chi connectivity index (χ1v) is 7.92. The summed E-state index contributed by atoms with van der Waals surface area (Å²) in [4.78, 5) is 8.56. The summed E-state index contributed by atoms with van der Waals surface area (Å²) in [6.45, 7) is 0. The van der Waals surface area contributed by atoms with Crippen LogP contribution in [0, 0.1) is 0 Å². The molecule has 110 valence electrons. The van der Waals surface area contributed by atoms with Crippen molar-refractivity contribution in [2.75, 3.05) is 5.32 Å². The molecule has 1 aromatic carbocycles. The van der Waals surface area contributed by atoms with Gasteiger partial charge in [0.25, 0.3) is 0 Å². The van der Waals surface area contributed by atoms with Crippen LogP contribution in [-0.2, 0) is 0 Å². The molecule has 22 heavy (non-hydrogen) atoms.